The molecule has 0 saturated carbocycles. The molecule has 7 heteroatoms. The molecule has 0 spiro atoms. The van der Waals surface area contributed by atoms with E-state index in [2.05, 4.69) is 4.98 Å². The summed E-state index contributed by atoms with van der Waals surface area (Å²) in [5, 5.41) is 8.74. The Bertz CT molecular complexity index is 517. The lowest BCUT2D eigenvalue weighted by molar-refractivity contribution is -0.139. The van der Waals surface area contributed by atoms with Gasteiger partial charge in [0.05, 0.1) is 6.33 Å². The smallest absolute Gasteiger partial charge is 0.356 e. The van der Waals surface area contributed by atoms with Crippen molar-refractivity contribution >= 4 is 17.8 Å². The van der Waals surface area contributed by atoms with Gasteiger partial charge in [0.15, 0.2) is 5.69 Å². The number of imide groups is 1. The first-order valence-corrected chi connectivity index (χ1v) is 6.02. The van der Waals surface area contributed by atoms with Crippen molar-refractivity contribution in [3.05, 3.63) is 18.2 Å². The number of carbonyl (C=O) groups excluding carboxylic acids is 2. The number of nitrogens with zero attached hydrogens (tertiary/aromatic N) is 3. The number of rotatable bonds is 4. The van der Waals surface area contributed by atoms with Crippen molar-refractivity contribution in [2.24, 2.45) is 11.8 Å². The number of aromatic carboxylic acids is 1. The first kappa shape index (κ1) is 13.3. The zero-order valence-electron chi connectivity index (χ0n) is 10.7. The fourth-order valence-corrected chi connectivity index (χ4v) is 2.06. The Morgan fingerprint density at radius 1 is 1.26 bits per heavy atom. The third-order valence-corrected chi connectivity index (χ3v) is 3.50. The predicted molar refractivity (Wildman–Crippen MR) is 64.2 cm³/mol. The van der Waals surface area contributed by atoms with Gasteiger partial charge in [0.2, 0.25) is 11.8 Å². The Morgan fingerprint density at radius 3 is 2.32 bits per heavy atom. The molecule has 2 atom stereocenters. The van der Waals surface area contributed by atoms with Gasteiger partial charge in [0, 0.05) is 31.1 Å². The summed E-state index contributed by atoms with van der Waals surface area (Å²) < 4.78 is 1.55. The van der Waals surface area contributed by atoms with E-state index in [0.29, 0.717) is 6.54 Å². The molecule has 19 heavy (non-hydrogen) atoms. The molecule has 2 amide bonds. The van der Waals surface area contributed by atoms with E-state index in [9.17, 15) is 14.4 Å². The maximum Gasteiger partial charge on any atom is 0.356 e. The second kappa shape index (κ2) is 4.83. The minimum atomic E-state index is -1.10. The maximum atomic E-state index is 11.8. The summed E-state index contributed by atoms with van der Waals surface area (Å²) in [6, 6.07) is 0. The van der Waals surface area contributed by atoms with Crippen LogP contribution in [0.15, 0.2) is 12.5 Å². The number of carboxylic acid groups (broad SMARTS) is 1. The van der Waals surface area contributed by atoms with Crippen LogP contribution in [0.4, 0.5) is 0 Å². The molecule has 102 valence electrons. The molecule has 1 fully saturated rings. The normalized spacial score (nSPS) is 23.2. The second-order valence-corrected chi connectivity index (χ2v) is 4.71. The van der Waals surface area contributed by atoms with Gasteiger partial charge in [-0.1, -0.05) is 13.8 Å². The van der Waals surface area contributed by atoms with E-state index in [4.69, 9.17) is 5.11 Å². The summed E-state index contributed by atoms with van der Waals surface area (Å²) >= 11 is 0. The average molecular weight is 265 g/mol. The van der Waals surface area contributed by atoms with Gasteiger partial charge >= 0.3 is 5.97 Å². The van der Waals surface area contributed by atoms with Gasteiger partial charge in [-0.2, -0.15) is 0 Å². The minimum absolute atomic E-state index is 0.0548. The van der Waals surface area contributed by atoms with Crippen LogP contribution in [-0.2, 0) is 16.1 Å². The van der Waals surface area contributed by atoms with Gasteiger partial charge in [0.1, 0.15) is 0 Å². The monoisotopic (exact) mass is 265 g/mol. The molecule has 1 aliphatic rings. The van der Waals surface area contributed by atoms with E-state index in [1.165, 1.54) is 17.4 Å². The first-order chi connectivity index (χ1) is 8.91. The number of carbonyl (C=O) groups is 3. The van der Waals surface area contributed by atoms with Crippen LogP contribution in [0, 0.1) is 11.8 Å². The standard InChI is InChI=1S/C12H15N3O4/c1-7-8(2)11(17)15(10(7)16)4-3-14-5-9(12(18)19)13-6-14/h5-8H,3-4H2,1-2H3,(H,18,19). The molecule has 2 heterocycles. The van der Waals surface area contributed by atoms with Crippen LogP contribution in [-0.4, -0.2) is 43.9 Å². The zero-order valence-corrected chi connectivity index (χ0v) is 10.7. The van der Waals surface area contributed by atoms with Gasteiger partial charge in [-0.3, -0.25) is 14.5 Å². The summed E-state index contributed by atoms with van der Waals surface area (Å²) in [6.45, 7) is 4.06. The van der Waals surface area contributed by atoms with Crippen molar-refractivity contribution < 1.29 is 19.5 Å². The van der Waals surface area contributed by atoms with E-state index in [1.54, 1.807) is 18.4 Å². The highest BCUT2D eigenvalue weighted by molar-refractivity contribution is 6.04. The second-order valence-electron chi connectivity index (χ2n) is 4.71. The first-order valence-electron chi connectivity index (χ1n) is 6.02. The molecule has 1 aromatic rings. The van der Waals surface area contributed by atoms with Crippen LogP contribution >= 0.6 is 0 Å². The van der Waals surface area contributed by atoms with E-state index >= 15 is 0 Å². The lowest BCUT2D eigenvalue weighted by Crippen LogP contribution is -2.33. The number of imidazole rings is 1. The predicted octanol–water partition coefficient (Wildman–Crippen LogP) is 0.222. The van der Waals surface area contributed by atoms with Gasteiger partial charge < -0.3 is 9.67 Å². The van der Waals surface area contributed by atoms with Crippen molar-refractivity contribution in [2.45, 2.75) is 20.4 Å². The third kappa shape index (κ3) is 2.35. The Kier molecular flexibility index (Phi) is 3.37. The molecule has 1 aromatic heterocycles. The fraction of sp³-hybridized carbons (Fsp3) is 0.500. The topological polar surface area (TPSA) is 92.5 Å². The summed E-state index contributed by atoms with van der Waals surface area (Å²) in [4.78, 5) is 39.3. The Morgan fingerprint density at radius 2 is 1.84 bits per heavy atom. The maximum absolute atomic E-state index is 11.8. The number of hydrogen-bond donors (Lipinski definition) is 1. The highest BCUT2D eigenvalue weighted by Crippen LogP contribution is 2.24. The minimum Gasteiger partial charge on any atom is -0.476 e. The van der Waals surface area contributed by atoms with Crippen LogP contribution in [0.1, 0.15) is 24.3 Å². The summed E-state index contributed by atoms with van der Waals surface area (Å²) in [6.07, 6.45) is 2.75. The molecule has 1 saturated heterocycles. The SMILES string of the molecule is CC1C(=O)N(CCn2cnc(C(=O)O)c2)C(=O)C1C. The Hall–Kier alpha value is -2.18. The van der Waals surface area contributed by atoms with Crippen molar-refractivity contribution in [1.82, 2.24) is 14.5 Å². The summed E-state index contributed by atoms with van der Waals surface area (Å²) in [5.74, 6) is -2.02. The van der Waals surface area contributed by atoms with Crippen LogP contribution < -0.4 is 0 Å². The average Bonchev–Trinajstić information content (AvgIpc) is 2.91. The Balaban J connectivity index is 2.00. The van der Waals surface area contributed by atoms with Gasteiger partial charge in [0.25, 0.3) is 0 Å². The van der Waals surface area contributed by atoms with Crippen LogP contribution in [0.2, 0.25) is 0 Å². The zero-order chi connectivity index (χ0) is 14.2. The quantitative estimate of drug-likeness (QED) is 0.786. The number of amides is 2. The molecule has 1 aliphatic heterocycles. The summed E-state index contributed by atoms with van der Waals surface area (Å²) in [5.41, 5.74) is -0.0548. The van der Waals surface area contributed by atoms with Crippen molar-refractivity contribution in [1.29, 1.82) is 0 Å². The molecular weight excluding hydrogens is 250 g/mol. The molecule has 0 bridgehead atoms. The third-order valence-electron chi connectivity index (χ3n) is 3.50. The van der Waals surface area contributed by atoms with Crippen LogP contribution in [0.25, 0.3) is 0 Å². The Labute approximate surface area is 109 Å². The van der Waals surface area contributed by atoms with Gasteiger partial charge in [-0.15, -0.1) is 0 Å². The van der Waals surface area contributed by atoms with Crippen molar-refractivity contribution in [3.63, 3.8) is 0 Å². The van der Waals surface area contributed by atoms with E-state index < -0.39 is 5.97 Å². The highest BCUT2D eigenvalue weighted by atomic mass is 16.4. The van der Waals surface area contributed by atoms with Crippen LogP contribution in [0.3, 0.4) is 0 Å². The molecular formula is C12H15N3O4. The molecule has 2 unspecified atom stereocenters. The molecule has 7 nitrogen and oxygen atoms in total. The van der Waals surface area contributed by atoms with Crippen LogP contribution in [0.5, 0.6) is 0 Å². The fourth-order valence-electron chi connectivity index (χ4n) is 2.06. The highest BCUT2D eigenvalue weighted by Gasteiger charge is 2.41. The van der Waals surface area contributed by atoms with E-state index in [-0.39, 0.29) is 35.9 Å². The molecule has 0 aliphatic carbocycles. The lowest BCUT2D eigenvalue weighted by atomic mass is 10.00. The summed E-state index contributed by atoms with van der Waals surface area (Å²) in [7, 11) is 0. The molecule has 1 N–H and O–H groups in total. The number of aromatic nitrogens is 2. The molecule has 2 rings (SSSR count). The number of carboxylic acids is 1. The van der Waals surface area contributed by atoms with E-state index in [1.807, 2.05) is 0 Å². The molecule has 0 aromatic carbocycles. The van der Waals surface area contributed by atoms with Gasteiger partial charge in [-0.25, -0.2) is 9.78 Å². The number of likely N-dealkylation sites (tertiary alicyclic amines) is 1. The van der Waals surface area contributed by atoms with Gasteiger partial charge in [-0.05, 0) is 0 Å². The largest absolute Gasteiger partial charge is 0.476 e. The lowest BCUT2D eigenvalue weighted by Gasteiger charge is -2.14. The molecule has 0 radical (unpaired) electrons. The van der Waals surface area contributed by atoms with Crippen molar-refractivity contribution in [3.8, 4) is 0 Å². The van der Waals surface area contributed by atoms with E-state index in [0.717, 1.165) is 0 Å². The van der Waals surface area contributed by atoms with Crippen molar-refractivity contribution in [2.75, 3.05) is 6.54 Å². The number of hydrogen-bond acceptors (Lipinski definition) is 4.